The molecule has 0 radical (unpaired) electrons. The maximum Gasteiger partial charge on any atom is 0.305 e. The van der Waals surface area contributed by atoms with Gasteiger partial charge in [-0.15, -0.1) is 11.8 Å². The molecule has 1 aromatic heterocycles. The Morgan fingerprint density at radius 3 is 1.52 bits per heavy atom. The van der Waals surface area contributed by atoms with E-state index in [9.17, 15) is 63.5 Å². The molecule has 15 amide bonds. The van der Waals surface area contributed by atoms with E-state index < -0.39 is 290 Å². The molecule has 0 spiro atoms. The first-order valence-corrected chi connectivity index (χ1v) is 45.9. The van der Waals surface area contributed by atoms with Crippen molar-refractivity contribution in [1.29, 1.82) is 0 Å². The molecule has 3 fully saturated rings. The van der Waals surface area contributed by atoms with E-state index in [2.05, 4.69) is 52.8 Å². The first-order chi connectivity index (χ1) is 65.2. The van der Waals surface area contributed by atoms with Gasteiger partial charge in [-0.3, -0.25) is 76.7 Å². The number of fused-ring (bicyclic) bond motifs is 3. The van der Waals surface area contributed by atoms with E-state index >= 15 is 51.9 Å². The number of phenolic OH excluding ortho intramolecular Hbond substituents is 2. The number of aromatic hydroxyl groups is 2. The number of hydrogen-bond acceptors (Lipinski definition) is 22. The third-order valence-electron chi connectivity index (χ3n) is 24.2. The number of benzene rings is 6. The van der Waals surface area contributed by atoms with Crippen LogP contribution in [-0.2, 0) is 115 Å². The number of H-pyrrole nitrogens is 1. The van der Waals surface area contributed by atoms with Crippen molar-refractivity contribution < 1.29 is 115 Å². The van der Waals surface area contributed by atoms with Crippen LogP contribution in [0.4, 0.5) is 13.2 Å². The lowest BCUT2D eigenvalue weighted by Crippen LogP contribution is -2.62. The summed E-state index contributed by atoms with van der Waals surface area (Å²) >= 11 is 0.624. The standard InChI is InChI=1S/C95H116F3N17O21S/c1-7-8-23-73-94(135)115-48-61(119)43-76(115)90(131)107-69(44-80(122)123)87(128)110-82(51(2)3)95(136)112(5)74(39-52-17-11-9-12-18-52)88(129)108-71(37-55-26-30-59(117)31-27-55)92(133)114-47-60(118)42-75(114)89(130)106-68(41-57-45-101-65-22-16-15-21-62(57)65)86(127)105-67(36-54-24-28-58(116)29-25-54)85(126)104-66(32-33-99)84(125)109-72(83(124)102-46-78(100)120)49-137-50-79(121)103-70(38-56-34-63(96)81(98)64(97)35-56)91(132)113(6)77(93(134)111(73)4)40-53-19-13-10-14-20-53/h9-22,24-31,34-35,45,51,60-61,66-77,82,101,116-119H,7-8,23,32-33,36-44,46-50,99H2,1-6H3,(H2,100,120)(H,102,124)(H,103,121)(H,104,126)(H,105,127)(H,106,130)(H,107,131)(H,108,129)(H,109,125)(H,110,128)(H,122,123)/t60-,61-,66+,67+,68+,69+,70+,71+,72+,73+,74+,75+,76-,77+,82+/m1/s1. The Balaban J connectivity index is 1.06. The Labute approximate surface area is 791 Å². The minimum absolute atomic E-state index is 0.146. The van der Waals surface area contributed by atoms with Gasteiger partial charge in [0.05, 0.1) is 30.9 Å². The number of aliphatic carboxylic acids is 1. The van der Waals surface area contributed by atoms with Crippen LogP contribution in [-0.4, -0.2) is 299 Å². The molecule has 10 rings (SSSR count). The van der Waals surface area contributed by atoms with E-state index in [1.165, 1.54) is 76.5 Å². The molecular weight excluding hydrogens is 1800 g/mol. The molecule has 42 heteroatoms. The molecule has 0 saturated carbocycles. The van der Waals surface area contributed by atoms with Gasteiger partial charge in [0, 0.05) is 108 Å². The molecule has 3 aliphatic rings. The van der Waals surface area contributed by atoms with Crippen LogP contribution in [0.1, 0.15) is 99.1 Å². The van der Waals surface area contributed by atoms with E-state index in [1.807, 2.05) is 0 Å². The van der Waals surface area contributed by atoms with Gasteiger partial charge >= 0.3 is 5.97 Å². The first kappa shape index (κ1) is 105. The summed E-state index contributed by atoms with van der Waals surface area (Å²) in [6.45, 7) is 2.50. The number of carboxylic acids is 1. The number of likely N-dealkylation sites (N-methyl/N-ethyl adjacent to an activating group) is 3. The number of amides is 15. The average molecular weight is 1920 g/mol. The highest BCUT2D eigenvalue weighted by molar-refractivity contribution is 8.00. The predicted molar refractivity (Wildman–Crippen MR) is 493 cm³/mol. The van der Waals surface area contributed by atoms with E-state index in [-0.39, 0.29) is 50.1 Å². The van der Waals surface area contributed by atoms with Gasteiger partial charge in [0.25, 0.3) is 0 Å². The number of carboxylic acid groups (broad SMARTS) is 1. The normalized spacial score (nSPS) is 24.3. The zero-order valence-corrected chi connectivity index (χ0v) is 77.1. The SMILES string of the molecule is CCCC[C@H]1C(=O)N2C[C@H](O)C[C@@H]2C(=O)N[C@@H](CC(=O)O)C(=O)N[C@@H](C(C)C)C(=O)N(C)[C@@H](Cc2ccccc2)C(=O)N[C@@H](Cc2ccc(O)cc2)C(=O)N2C[C@H](O)C[C@H]2C(=O)N[C@@H](Cc2c[nH]c3ccccc23)C(=O)N[C@@H](Cc2ccc(O)cc2)C(=O)N[C@@H](CCN)C(=O)N[C@H](C(=O)NCC(N)=O)CSCC(=O)N[C@@H](Cc2cc(F)c(F)c(F)c2)C(=O)N(C)[C@@H](Cc2ccccc2)C(=O)N1C. The number of para-hydroxylation sites is 1. The molecule has 137 heavy (non-hydrogen) atoms. The Morgan fingerprint density at radius 1 is 0.496 bits per heavy atom. The fourth-order valence-electron chi connectivity index (χ4n) is 16.7. The Bertz CT molecular complexity index is 5490. The number of halogens is 3. The molecule has 0 unspecified atom stereocenters. The van der Waals surface area contributed by atoms with E-state index in [4.69, 9.17) is 11.5 Å². The highest BCUT2D eigenvalue weighted by Gasteiger charge is 2.48. The summed E-state index contributed by atoms with van der Waals surface area (Å²) in [5.41, 5.74) is 13.6. The lowest BCUT2D eigenvalue weighted by molar-refractivity contribution is -0.152. The lowest BCUT2D eigenvalue weighted by Gasteiger charge is -2.38. The fourth-order valence-corrected chi connectivity index (χ4v) is 17.6. The molecule has 0 aliphatic carbocycles. The van der Waals surface area contributed by atoms with Gasteiger partial charge in [0.15, 0.2) is 17.5 Å². The molecule has 3 saturated heterocycles. The van der Waals surface area contributed by atoms with Crippen molar-refractivity contribution in [2.45, 2.75) is 195 Å². The molecule has 0 bridgehead atoms. The zero-order valence-electron chi connectivity index (χ0n) is 76.3. The molecule has 3 aliphatic heterocycles. The van der Waals surface area contributed by atoms with Crippen molar-refractivity contribution in [3.8, 4) is 11.5 Å². The summed E-state index contributed by atoms with van der Waals surface area (Å²) < 4.78 is 45.1. The second kappa shape index (κ2) is 49.0. The quantitative estimate of drug-likeness (QED) is 0.0376. The van der Waals surface area contributed by atoms with Gasteiger partial charge in [-0.05, 0) is 101 Å². The molecular formula is C95H116F3N17O21S. The van der Waals surface area contributed by atoms with Crippen molar-refractivity contribution in [3.63, 3.8) is 0 Å². The third kappa shape index (κ3) is 28.6. The molecule has 19 N–H and O–H groups in total. The average Bonchev–Trinajstić information content (AvgIpc) is 1.72. The molecule has 6 aromatic carbocycles. The number of hydrogen-bond donors (Lipinski definition) is 17. The number of nitrogens with zero attached hydrogens (tertiary/aromatic N) is 5. The minimum Gasteiger partial charge on any atom is -0.508 e. The lowest BCUT2D eigenvalue weighted by atomic mass is 9.98. The zero-order chi connectivity index (χ0) is 99.8. The number of primary amides is 1. The van der Waals surface area contributed by atoms with Gasteiger partial charge in [-0.1, -0.05) is 137 Å². The maximum atomic E-state index is 15.8. The number of aliphatic hydroxyl groups excluding tert-OH is 2. The smallest absolute Gasteiger partial charge is 0.305 e. The summed E-state index contributed by atoms with van der Waals surface area (Å²) in [4.78, 5) is 246. The van der Waals surface area contributed by atoms with Crippen molar-refractivity contribution in [2.75, 3.05) is 58.8 Å². The Hall–Kier alpha value is -14.0. The Kier molecular flexibility index (Phi) is 37.6. The Morgan fingerprint density at radius 2 is 0.964 bits per heavy atom. The number of unbranched alkanes of at least 4 members (excludes halogenated alkanes) is 1. The van der Waals surface area contributed by atoms with Crippen LogP contribution in [0.5, 0.6) is 11.5 Å². The number of nitrogens with two attached hydrogens (primary N) is 2. The predicted octanol–water partition coefficient (Wildman–Crippen LogP) is 0.0534. The van der Waals surface area contributed by atoms with Crippen LogP contribution in [0.15, 0.2) is 152 Å². The number of aromatic amines is 1. The number of carbonyl (C=O) groups excluding carboxylic acids is 15. The number of aromatic nitrogens is 1. The van der Waals surface area contributed by atoms with Crippen molar-refractivity contribution >= 4 is 117 Å². The second-order valence-electron chi connectivity index (χ2n) is 34.7. The van der Waals surface area contributed by atoms with E-state index in [0.29, 0.717) is 69.0 Å². The third-order valence-corrected chi connectivity index (χ3v) is 25.2. The number of phenols is 2. The maximum absolute atomic E-state index is 15.8. The monoisotopic (exact) mass is 1920 g/mol. The van der Waals surface area contributed by atoms with Crippen LogP contribution in [0.3, 0.4) is 0 Å². The fraction of sp³-hybridized carbons (Fsp3) is 0.432. The second-order valence-corrected chi connectivity index (χ2v) is 35.7. The van der Waals surface area contributed by atoms with Gasteiger partial charge in [0.1, 0.15) is 90.0 Å². The van der Waals surface area contributed by atoms with Gasteiger partial charge in [-0.25, -0.2) is 13.2 Å². The largest absolute Gasteiger partial charge is 0.508 e. The summed E-state index contributed by atoms with van der Waals surface area (Å²) in [6.07, 6.45) is -6.04. The number of thioether (sulfide) groups is 1. The van der Waals surface area contributed by atoms with Crippen LogP contribution in [0.2, 0.25) is 0 Å². The summed E-state index contributed by atoms with van der Waals surface area (Å²) in [5.74, 6) is -25.5. The minimum atomic E-state index is -2.06. The highest BCUT2D eigenvalue weighted by Crippen LogP contribution is 2.29. The van der Waals surface area contributed by atoms with Crippen LogP contribution < -0.4 is 59.3 Å². The van der Waals surface area contributed by atoms with E-state index in [0.717, 1.165) is 31.5 Å². The first-order valence-electron chi connectivity index (χ1n) is 44.8. The highest BCUT2D eigenvalue weighted by atomic mass is 32.2. The molecule has 38 nitrogen and oxygen atoms in total. The van der Waals surface area contributed by atoms with Crippen LogP contribution in [0.25, 0.3) is 10.9 Å². The molecule has 4 heterocycles. The summed E-state index contributed by atoms with van der Waals surface area (Å²) in [5, 5.41) is 78.0. The van der Waals surface area contributed by atoms with Crippen molar-refractivity contribution in [2.24, 2.45) is 17.4 Å². The van der Waals surface area contributed by atoms with Crippen molar-refractivity contribution in [3.05, 3.63) is 203 Å². The van der Waals surface area contributed by atoms with Crippen LogP contribution >= 0.6 is 11.8 Å². The number of aliphatic hydroxyl groups is 2. The van der Waals surface area contributed by atoms with Gasteiger partial charge < -0.3 is 114 Å². The number of rotatable bonds is 23. The molecule has 15 atom stereocenters. The molecule has 734 valence electrons. The number of nitrogens with one attached hydrogen (secondary N) is 10. The van der Waals surface area contributed by atoms with Crippen LogP contribution in [0, 0.1) is 23.4 Å². The van der Waals surface area contributed by atoms with Gasteiger partial charge in [0.2, 0.25) is 88.6 Å². The van der Waals surface area contributed by atoms with E-state index in [1.54, 1.807) is 98.0 Å². The van der Waals surface area contributed by atoms with Gasteiger partial charge in [-0.2, -0.15) is 0 Å². The molecule has 7 aromatic rings. The summed E-state index contributed by atoms with van der Waals surface area (Å²) in [7, 11) is 3.60. The van der Waals surface area contributed by atoms with Crippen molar-refractivity contribution in [1.82, 2.24) is 77.3 Å². The summed E-state index contributed by atoms with van der Waals surface area (Å²) in [6, 6.07) is 12.7. The topological polar surface area (TPSA) is 567 Å². The number of carbonyl (C=O) groups is 16.